The molecule has 7 heteroatoms. The van der Waals surface area contributed by atoms with Gasteiger partial charge in [-0.2, -0.15) is 0 Å². The lowest BCUT2D eigenvalue weighted by Gasteiger charge is -2.07. The Morgan fingerprint density at radius 1 is 1.15 bits per heavy atom. The van der Waals surface area contributed by atoms with Gasteiger partial charge in [0.25, 0.3) is 5.91 Å². The van der Waals surface area contributed by atoms with Crippen LogP contribution in [0.25, 0.3) is 0 Å². The lowest BCUT2D eigenvalue weighted by atomic mass is 10.1. The summed E-state index contributed by atoms with van der Waals surface area (Å²) in [5.74, 6) is -1.54. The van der Waals surface area contributed by atoms with E-state index in [2.05, 4.69) is 5.32 Å². The molecule has 0 fully saturated rings. The van der Waals surface area contributed by atoms with Crippen LogP contribution in [0.2, 0.25) is 0 Å². The Bertz CT molecular complexity index is 733. The largest absolute Gasteiger partial charge is 0.465 e. The van der Waals surface area contributed by atoms with Crippen LogP contribution in [-0.2, 0) is 31.9 Å². The Kier molecular flexibility index (Phi) is 7.59. The second-order valence-corrected chi connectivity index (χ2v) is 6.91. The highest BCUT2D eigenvalue weighted by Gasteiger charge is 2.26. The van der Waals surface area contributed by atoms with Crippen LogP contribution in [-0.4, -0.2) is 31.6 Å². The van der Waals surface area contributed by atoms with Crippen LogP contribution in [0.15, 0.2) is 24.3 Å². The number of aryl methyl sites for hydroxylation is 1. The van der Waals surface area contributed by atoms with Crippen LogP contribution in [0.3, 0.4) is 0 Å². The number of amides is 1. The normalized spacial score (nSPS) is 14.1. The lowest BCUT2D eigenvalue weighted by molar-refractivity contribution is -0.142. The highest BCUT2D eigenvalue weighted by molar-refractivity contribution is 7.17. The molecule has 1 heterocycles. The van der Waals surface area contributed by atoms with Crippen LogP contribution in [0.4, 0.5) is 5.00 Å². The van der Waals surface area contributed by atoms with Crippen LogP contribution in [0, 0.1) is 0 Å². The SMILES string of the molecule is CC=CC=CC(=O)OCC(=O)Nc1sc2c(c1C(=O)OC)CCCCC2. The van der Waals surface area contributed by atoms with E-state index in [1.165, 1.54) is 30.6 Å². The molecule has 1 aromatic rings. The van der Waals surface area contributed by atoms with E-state index in [1.807, 2.05) is 6.92 Å². The molecule has 0 radical (unpaired) electrons. The monoisotopic (exact) mass is 377 g/mol. The van der Waals surface area contributed by atoms with Gasteiger partial charge in [0.15, 0.2) is 6.61 Å². The summed E-state index contributed by atoms with van der Waals surface area (Å²) in [5, 5.41) is 3.16. The van der Waals surface area contributed by atoms with E-state index in [0.717, 1.165) is 42.5 Å². The third-order valence-electron chi connectivity index (χ3n) is 3.95. The van der Waals surface area contributed by atoms with Gasteiger partial charge in [-0.3, -0.25) is 4.79 Å². The molecule has 0 bridgehead atoms. The number of esters is 2. The van der Waals surface area contributed by atoms with E-state index in [4.69, 9.17) is 9.47 Å². The summed E-state index contributed by atoms with van der Waals surface area (Å²) in [6.45, 7) is 1.41. The fourth-order valence-corrected chi connectivity index (χ4v) is 4.04. The number of ether oxygens (including phenoxy) is 2. The van der Waals surface area contributed by atoms with Gasteiger partial charge in [0, 0.05) is 11.0 Å². The van der Waals surface area contributed by atoms with E-state index in [9.17, 15) is 14.4 Å². The smallest absolute Gasteiger partial charge is 0.341 e. The average Bonchev–Trinajstić information content (AvgIpc) is 2.80. The van der Waals surface area contributed by atoms with Crippen LogP contribution < -0.4 is 5.32 Å². The maximum atomic E-state index is 12.2. The van der Waals surface area contributed by atoms with Crippen molar-refractivity contribution in [3.63, 3.8) is 0 Å². The number of carbonyl (C=O) groups is 3. The molecule has 26 heavy (non-hydrogen) atoms. The van der Waals surface area contributed by atoms with Crippen LogP contribution in [0.1, 0.15) is 47.0 Å². The second kappa shape index (κ2) is 9.91. The molecule has 6 nitrogen and oxygen atoms in total. The Morgan fingerprint density at radius 3 is 2.65 bits per heavy atom. The van der Waals surface area contributed by atoms with Crippen molar-refractivity contribution in [1.29, 1.82) is 0 Å². The first-order chi connectivity index (χ1) is 12.6. The minimum absolute atomic E-state index is 0.414. The van der Waals surface area contributed by atoms with Crippen LogP contribution in [0.5, 0.6) is 0 Å². The van der Waals surface area contributed by atoms with E-state index < -0.39 is 24.5 Å². The summed E-state index contributed by atoms with van der Waals surface area (Å²) in [5.41, 5.74) is 1.41. The Balaban J connectivity index is 2.07. The van der Waals surface area contributed by atoms with Crippen molar-refractivity contribution in [3.05, 3.63) is 40.3 Å². The number of nitrogens with one attached hydrogen (secondary N) is 1. The molecule has 0 aliphatic heterocycles. The number of rotatable bonds is 6. The summed E-state index contributed by atoms with van der Waals surface area (Å²) in [6.07, 6.45) is 11.1. The minimum Gasteiger partial charge on any atom is -0.465 e. The predicted molar refractivity (Wildman–Crippen MR) is 100 cm³/mol. The number of thiophene rings is 1. The van der Waals surface area contributed by atoms with Gasteiger partial charge in [-0.15, -0.1) is 11.3 Å². The van der Waals surface area contributed by atoms with Crippen molar-refractivity contribution in [2.45, 2.75) is 39.0 Å². The van der Waals surface area contributed by atoms with Gasteiger partial charge >= 0.3 is 11.9 Å². The first-order valence-corrected chi connectivity index (χ1v) is 9.37. The number of methoxy groups -OCH3 is 1. The highest BCUT2D eigenvalue weighted by atomic mass is 32.1. The Labute approximate surface area is 156 Å². The van der Waals surface area contributed by atoms with Gasteiger partial charge in [0.05, 0.1) is 12.7 Å². The number of allylic oxidation sites excluding steroid dienone is 3. The van der Waals surface area contributed by atoms with Crippen molar-refractivity contribution < 1.29 is 23.9 Å². The highest BCUT2D eigenvalue weighted by Crippen LogP contribution is 2.37. The fraction of sp³-hybridized carbons (Fsp3) is 0.421. The molecule has 0 unspecified atom stereocenters. The molecule has 0 spiro atoms. The number of hydrogen-bond donors (Lipinski definition) is 1. The number of carbonyl (C=O) groups excluding carboxylic acids is 3. The van der Waals surface area contributed by atoms with Gasteiger partial charge in [-0.1, -0.05) is 24.6 Å². The fourth-order valence-electron chi connectivity index (χ4n) is 2.74. The zero-order valence-corrected chi connectivity index (χ0v) is 15.8. The Morgan fingerprint density at radius 2 is 1.92 bits per heavy atom. The molecule has 0 atom stereocenters. The molecule has 1 aliphatic rings. The standard InChI is InChI=1S/C19H23NO5S/c1-3-4-6-11-16(22)25-12-15(21)20-18-17(19(23)24-2)13-9-7-5-8-10-14(13)26-18/h3-4,6,11H,5,7-10,12H2,1-2H3,(H,20,21). The molecule has 2 rings (SSSR count). The van der Waals surface area contributed by atoms with Crippen molar-refractivity contribution in [3.8, 4) is 0 Å². The topological polar surface area (TPSA) is 81.7 Å². The molecule has 1 aromatic heterocycles. The quantitative estimate of drug-likeness (QED) is 0.356. The van der Waals surface area contributed by atoms with Crippen molar-refractivity contribution in [2.24, 2.45) is 0 Å². The Hall–Kier alpha value is -2.41. The van der Waals surface area contributed by atoms with E-state index in [1.54, 1.807) is 12.2 Å². The van der Waals surface area contributed by atoms with E-state index in [-0.39, 0.29) is 0 Å². The first kappa shape index (κ1) is 19.9. The summed E-state index contributed by atoms with van der Waals surface area (Å²) in [6, 6.07) is 0. The number of fused-ring (bicyclic) bond motifs is 1. The molecule has 1 N–H and O–H groups in total. The van der Waals surface area contributed by atoms with Gasteiger partial charge in [-0.25, -0.2) is 9.59 Å². The van der Waals surface area contributed by atoms with Crippen LogP contribution >= 0.6 is 11.3 Å². The molecular weight excluding hydrogens is 354 g/mol. The molecule has 0 saturated carbocycles. The maximum absolute atomic E-state index is 12.2. The summed E-state index contributed by atoms with van der Waals surface area (Å²) in [7, 11) is 1.33. The zero-order chi connectivity index (χ0) is 18.9. The number of anilines is 1. The lowest BCUT2D eigenvalue weighted by Crippen LogP contribution is -2.21. The third kappa shape index (κ3) is 5.29. The molecule has 0 saturated heterocycles. The van der Waals surface area contributed by atoms with Gasteiger partial charge < -0.3 is 14.8 Å². The maximum Gasteiger partial charge on any atom is 0.341 e. The molecule has 1 amide bonds. The molecule has 0 aromatic carbocycles. The third-order valence-corrected chi connectivity index (χ3v) is 5.15. The van der Waals surface area contributed by atoms with Crippen molar-refractivity contribution in [2.75, 3.05) is 19.0 Å². The van der Waals surface area contributed by atoms with E-state index >= 15 is 0 Å². The zero-order valence-electron chi connectivity index (χ0n) is 15.0. The van der Waals surface area contributed by atoms with E-state index in [0.29, 0.717) is 10.6 Å². The summed E-state index contributed by atoms with van der Waals surface area (Å²) < 4.78 is 9.78. The van der Waals surface area contributed by atoms with Gasteiger partial charge in [-0.05, 0) is 38.2 Å². The predicted octanol–water partition coefficient (Wildman–Crippen LogP) is 3.42. The first-order valence-electron chi connectivity index (χ1n) is 8.55. The number of hydrogen-bond acceptors (Lipinski definition) is 6. The molecule has 1 aliphatic carbocycles. The molecule has 140 valence electrons. The molecular formula is C19H23NO5S. The van der Waals surface area contributed by atoms with Gasteiger partial charge in [0.2, 0.25) is 0 Å². The van der Waals surface area contributed by atoms with Crippen molar-refractivity contribution in [1.82, 2.24) is 0 Å². The minimum atomic E-state index is -0.603. The van der Waals surface area contributed by atoms with Gasteiger partial charge in [0.1, 0.15) is 5.00 Å². The summed E-state index contributed by atoms with van der Waals surface area (Å²) in [4.78, 5) is 36.9. The summed E-state index contributed by atoms with van der Waals surface area (Å²) >= 11 is 1.40. The second-order valence-electron chi connectivity index (χ2n) is 5.80. The average molecular weight is 377 g/mol. The van der Waals surface area contributed by atoms with Crippen molar-refractivity contribution >= 4 is 34.2 Å².